The van der Waals surface area contributed by atoms with E-state index in [1.165, 1.54) is 0 Å². The molecule has 0 spiro atoms. The van der Waals surface area contributed by atoms with Gasteiger partial charge in [0.1, 0.15) is 0 Å². The molecule has 0 unspecified atom stereocenters. The summed E-state index contributed by atoms with van der Waals surface area (Å²) in [4.78, 5) is 8.33. The Balaban J connectivity index is -0.0000000450. The molecule has 0 amide bonds. The second kappa shape index (κ2) is 9.55. The zero-order valence-electron chi connectivity index (χ0n) is 3.72. The van der Waals surface area contributed by atoms with E-state index in [2.05, 4.69) is 0 Å². The van der Waals surface area contributed by atoms with Crippen molar-refractivity contribution in [3.8, 4) is 0 Å². The molecule has 0 heterocycles. The molecule has 0 atom stereocenters. The van der Waals surface area contributed by atoms with Gasteiger partial charge in [-0.05, 0) is 6.16 Å². The Morgan fingerprint density at radius 1 is 1.17 bits per heavy atom. The fraction of sp³-hybridized carbons (Fsp3) is 0. The summed E-state index contributed by atoms with van der Waals surface area (Å²) in [6, 6.07) is 0. The summed E-state index contributed by atoms with van der Waals surface area (Å²) >= 11 is 0. The Kier molecular flexibility index (Phi) is 25.0. The zero-order chi connectivity index (χ0) is 3.58. The average Bonchev–Trinajstić information content (AvgIpc) is 0.811. The van der Waals surface area contributed by atoms with Gasteiger partial charge in [0.15, 0.2) is 0 Å². The number of carbonyl (C=O) groups excluding carboxylic acids is 1. The monoisotopic (exact) mass is 108 g/mol. The number of hydrogen-bond donors (Lipinski definition) is 0. The van der Waals surface area contributed by atoms with E-state index in [0.717, 1.165) is 0 Å². The molecule has 5 heteroatoms. The molecule has 0 aromatic rings. The van der Waals surface area contributed by atoms with E-state index in [-0.39, 0.29) is 59.1 Å². The number of carboxylic acid groups (broad SMARTS) is 2. The number of carbonyl (C=O) groups is 1. The molecule has 0 N–H and O–H groups in total. The van der Waals surface area contributed by atoms with Gasteiger partial charge in [0, 0.05) is 0 Å². The largest absolute Gasteiger partial charge is 1.00 e. The molecule has 0 aromatic heterocycles. The van der Waals surface area contributed by atoms with E-state index < -0.39 is 6.16 Å². The Bertz CT molecular complexity index is 31.8. The van der Waals surface area contributed by atoms with Crippen LogP contribution in [0.15, 0.2) is 0 Å². The standard InChI is InChI=1S/CH2O3.2Na/c2-1(3)4;;/h(H2,2,3,4);;/q;2*+1/p-2/i;2*1+1. The van der Waals surface area contributed by atoms with E-state index >= 15 is 0 Å². The molecular weight excluding hydrogens is 108 g/mol. The second-order valence-electron chi connectivity index (χ2n) is 0.250. The summed E-state index contributed by atoms with van der Waals surface area (Å²) in [7, 11) is 0. The molecule has 0 aromatic carbocycles. The maximum Gasteiger partial charge on any atom is 1.00 e. The molecule has 0 aliphatic carbocycles. The van der Waals surface area contributed by atoms with E-state index in [1.54, 1.807) is 0 Å². The van der Waals surface area contributed by atoms with Crippen molar-refractivity contribution in [2.24, 2.45) is 0 Å². The topological polar surface area (TPSA) is 63.2 Å². The molecule has 0 bridgehead atoms. The van der Waals surface area contributed by atoms with Gasteiger partial charge in [-0.15, -0.1) is 0 Å². The molecule has 24 valence electrons. The maximum atomic E-state index is 8.33. The predicted molar refractivity (Wildman–Crippen MR) is 5.40 cm³/mol. The molecule has 0 saturated heterocycles. The third-order valence-electron chi connectivity index (χ3n) is 0. The fourth-order valence-electron chi connectivity index (χ4n) is 0. The molecule has 0 rings (SSSR count). The first-order valence-corrected chi connectivity index (χ1v) is 0.612. The molecule has 3 nitrogen and oxygen atoms in total. The first-order chi connectivity index (χ1) is 1.73. The van der Waals surface area contributed by atoms with Gasteiger partial charge in [0.2, 0.25) is 0 Å². The summed E-state index contributed by atoms with van der Waals surface area (Å²) < 4.78 is 0. The first kappa shape index (κ1) is 15.7. The van der Waals surface area contributed by atoms with Gasteiger partial charge in [-0.25, -0.2) is 0 Å². The molecular formula is CNa2O3. The van der Waals surface area contributed by atoms with Crippen LogP contribution in [0.1, 0.15) is 0 Å². The normalized spacial score (nSPS) is 4.00. The van der Waals surface area contributed by atoms with Crippen LogP contribution < -0.4 is 69.3 Å². The van der Waals surface area contributed by atoms with Crippen LogP contribution in [0.3, 0.4) is 0 Å². The van der Waals surface area contributed by atoms with Crippen molar-refractivity contribution in [1.29, 1.82) is 0 Å². The van der Waals surface area contributed by atoms with Crippen molar-refractivity contribution in [1.82, 2.24) is 0 Å². The van der Waals surface area contributed by atoms with Crippen LogP contribution in [0, 0.1) is 0 Å². The van der Waals surface area contributed by atoms with E-state index in [0.29, 0.717) is 0 Å². The molecule has 6 heavy (non-hydrogen) atoms. The van der Waals surface area contributed by atoms with Crippen LogP contribution in [0.5, 0.6) is 0 Å². The zero-order valence-corrected chi connectivity index (χ0v) is 7.72. The summed E-state index contributed by atoms with van der Waals surface area (Å²) in [5.41, 5.74) is 0. The van der Waals surface area contributed by atoms with Crippen LogP contribution >= 0.6 is 0 Å². The minimum atomic E-state index is -2.33. The smallest absolute Gasteiger partial charge is 0.652 e. The number of hydrogen-bond acceptors (Lipinski definition) is 3. The van der Waals surface area contributed by atoms with Gasteiger partial charge in [0.25, 0.3) is 0 Å². The van der Waals surface area contributed by atoms with Crippen LogP contribution in [0.4, 0.5) is 4.79 Å². The van der Waals surface area contributed by atoms with Crippen molar-refractivity contribution < 1.29 is 74.1 Å². The minimum absolute atomic E-state index is 0. The molecule has 0 aliphatic heterocycles. The van der Waals surface area contributed by atoms with Gasteiger partial charge >= 0.3 is 59.1 Å². The maximum absolute atomic E-state index is 8.33. The van der Waals surface area contributed by atoms with E-state index in [4.69, 9.17) is 15.0 Å². The third-order valence-corrected chi connectivity index (χ3v) is 0. The molecule has 0 fully saturated rings. The van der Waals surface area contributed by atoms with Crippen LogP contribution in [0.25, 0.3) is 0 Å². The summed E-state index contributed by atoms with van der Waals surface area (Å²) in [6.07, 6.45) is -2.33. The van der Waals surface area contributed by atoms with Crippen molar-refractivity contribution in [3.63, 3.8) is 0 Å². The van der Waals surface area contributed by atoms with Gasteiger partial charge in [0.05, 0.1) is 0 Å². The fourth-order valence-corrected chi connectivity index (χ4v) is 0. The second-order valence-corrected chi connectivity index (χ2v) is 0.250. The van der Waals surface area contributed by atoms with Crippen molar-refractivity contribution in [3.05, 3.63) is 0 Å². The van der Waals surface area contributed by atoms with E-state index in [9.17, 15) is 0 Å². The SMILES string of the molecule is O=C([O-])[O-].[24Na+].[24Na+]. The Morgan fingerprint density at radius 3 is 1.17 bits per heavy atom. The summed E-state index contributed by atoms with van der Waals surface area (Å²) in [5, 5.41) is 16.7. The van der Waals surface area contributed by atoms with Gasteiger partial charge in [-0.1, -0.05) is 0 Å². The predicted octanol–water partition coefficient (Wildman–Crippen LogP) is -8.44. The molecule has 0 radical (unpaired) electrons. The Hall–Kier alpha value is 1.27. The van der Waals surface area contributed by atoms with Crippen LogP contribution in [0.2, 0.25) is 0 Å². The van der Waals surface area contributed by atoms with Crippen LogP contribution in [-0.2, 0) is 0 Å². The van der Waals surface area contributed by atoms with Crippen molar-refractivity contribution >= 4 is 6.16 Å². The van der Waals surface area contributed by atoms with Gasteiger partial charge in [-0.3, -0.25) is 0 Å². The van der Waals surface area contributed by atoms with Crippen molar-refractivity contribution in [2.75, 3.05) is 0 Å². The molecule has 0 saturated carbocycles. The summed E-state index contributed by atoms with van der Waals surface area (Å²) in [5.74, 6) is 0. The van der Waals surface area contributed by atoms with Gasteiger partial charge < -0.3 is 15.0 Å². The number of rotatable bonds is 0. The Labute approximate surface area is 79.3 Å². The summed E-state index contributed by atoms with van der Waals surface area (Å²) in [6.45, 7) is 0. The van der Waals surface area contributed by atoms with E-state index in [1.807, 2.05) is 0 Å². The quantitative estimate of drug-likeness (QED) is 0.289. The van der Waals surface area contributed by atoms with Crippen molar-refractivity contribution in [2.45, 2.75) is 0 Å². The average molecular weight is 108 g/mol. The third kappa shape index (κ3) is 59.6. The Morgan fingerprint density at radius 2 is 1.17 bits per heavy atom. The minimum Gasteiger partial charge on any atom is -0.652 e. The van der Waals surface area contributed by atoms with Crippen LogP contribution in [-0.4, -0.2) is 6.16 Å². The first-order valence-electron chi connectivity index (χ1n) is 0.612. The molecule has 0 aliphatic rings. The van der Waals surface area contributed by atoms with Gasteiger partial charge in [-0.2, -0.15) is 0 Å².